The Labute approximate surface area is 197 Å². The Morgan fingerprint density at radius 1 is 1.12 bits per heavy atom. The minimum atomic E-state index is -0.407. The average Bonchev–Trinajstić information content (AvgIpc) is 3.38. The summed E-state index contributed by atoms with van der Waals surface area (Å²) in [5, 5.41) is 16.6. The quantitative estimate of drug-likeness (QED) is 0.678. The lowest BCUT2D eigenvalue weighted by Crippen LogP contribution is -2.51. The highest BCUT2D eigenvalue weighted by Crippen LogP contribution is 2.64. The van der Waals surface area contributed by atoms with E-state index in [-0.39, 0.29) is 11.3 Å². The predicted octanol–water partition coefficient (Wildman–Crippen LogP) is 5.41. The molecular formula is C28H39N3O2. The van der Waals surface area contributed by atoms with Crippen molar-refractivity contribution < 1.29 is 9.90 Å². The molecule has 4 aliphatic carbocycles. The Morgan fingerprint density at radius 3 is 2.79 bits per heavy atom. The van der Waals surface area contributed by atoms with Crippen LogP contribution in [0.2, 0.25) is 0 Å². The summed E-state index contributed by atoms with van der Waals surface area (Å²) in [6.07, 6.45) is 17.0. The molecule has 1 N–H and O–H groups in total. The third-order valence-corrected chi connectivity index (χ3v) is 10.8. The molecule has 0 radical (unpaired) electrons. The van der Waals surface area contributed by atoms with Crippen molar-refractivity contribution in [2.45, 2.75) is 90.2 Å². The summed E-state index contributed by atoms with van der Waals surface area (Å²) in [7, 11) is 0. The topological polar surface area (TPSA) is 68.0 Å². The van der Waals surface area contributed by atoms with Gasteiger partial charge in [0.25, 0.3) is 0 Å². The van der Waals surface area contributed by atoms with Gasteiger partial charge in [0.2, 0.25) is 0 Å². The van der Waals surface area contributed by atoms with E-state index in [1.165, 1.54) is 38.5 Å². The fourth-order valence-corrected chi connectivity index (χ4v) is 9.08. The number of ketones is 1. The van der Waals surface area contributed by atoms with Crippen LogP contribution in [0.15, 0.2) is 24.7 Å². The molecule has 8 atom stereocenters. The summed E-state index contributed by atoms with van der Waals surface area (Å²) >= 11 is 0. The molecule has 4 saturated carbocycles. The van der Waals surface area contributed by atoms with Crippen LogP contribution >= 0.6 is 0 Å². The van der Waals surface area contributed by atoms with Crippen molar-refractivity contribution in [3.05, 3.63) is 24.7 Å². The summed E-state index contributed by atoms with van der Waals surface area (Å²) < 4.78 is 1.83. The molecular weight excluding hydrogens is 410 g/mol. The molecule has 0 aromatic carbocycles. The van der Waals surface area contributed by atoms with Crippen molar-refractivity contribution >= 4 is 16.7 Å². The van der Waals surface area contributed by atoms with Crippen molar-refractivity contribution in [1.29, 1.82) is 0 Å². The van der Waals surface area contributed by atoms with Gasteiger partial charge in [-0.2, -0.15) is 5.10 Å². The van der Waals surface area contributed by atoms with Gasteiger partial charge in [-0.25, -0.2) is 0 Å². The van der Waals surface area contributed by atoms with Crippen LogP contribution < -0.4 is 0 Å². The van der Waals surface area contributed by atoms with Crippen LogP contribution in [-0.4, -0.2) is 31.3 Å². The smallest absolute Gasteiger partial charge is 0.157 e. The second-order valence-electron chi connectivity index (χ2n) is 12.2. The first-order valence-electron chi connectivity index (χ1n) is 13.4. The number of carbonyl (C=O) groups is 1. The highest BCUT2D eigenvalue weighted by atomic mass is 16.3. The summed E-state index contributed by atoms with van der Waals surface area (Å²) in [6, 6.07) is 1.96. The van der Waals surface area contributed by atoms with Crippen LogP contribution in [0.25, 0.3) is 10.9 Å². The number of nitrogens with zero attached hydrogens (tertiary/aromatic N) is 3. The molecule has 0 spiro atoms. The normalized spacial score (nSPS) is 42.5. The van der Waals surface area contributed by atoms with Gasteiger partial charge in [-0.3, -0.25) is 14.5 Å². The number of rotatable bonds is 4. The zero-order chi connectivity index (χ0) is 22.8. The van der Waals surface area contributed by atoms with Gasteiger partial charge >= 0.3 is 0 Å². The predicted molar refractivity (Wildman–Crippen MR) is 128 cm³/mol. The zero-order valence-corrected chi connectivity index (χ0v) is 20.2. The fraction of sp³-hybridized carbons (Fsp3) is 0.750. The number of fused-ring (bicyclic) bond motifs is 6. The minimum absolute atomic E-state index is 0.151. The van der Waals surface area contributed by atoms with Crippen LogP contribution in [-0.2, 0) is 11.3 Å². The molecule has 6 rings (SSSR count). The molecule has 8 unspecified atom stereocenters. The molecule has 33 heavy (non-hydrogen) atoms. The lowest BCUT2D eigenvalue weighted by atomic mass is 9.48. The average molecular weight is 450 g/mol. The molecule has 5 heteroatoms. The molecule has 4 aliphatic rings. The second-order valence-corrected chi connectivity index (χ2v) is 12.2. The zero-order valence-electron chi connectivity index (χ0n) is 20.2. The lowest BCUT2D eigenvalue weighted by molar-refractivity contribution is -0.133. The first-order chi connectivity index (χ1) is 15.9. The Kier molecular flexibility index (Phi) is 5.21. The summed E-state index contributed by atoms with van der Waals surface area (Å²) in [4.78, 5) is 17.7. The number of hydrogen-bond donors (Lipinski definition) is 1. The van der Waals surface area contributed by atoms with Gasteiger partial charge in [0.05, 0.1) is 18.3 Å². The first-order valence-corrected chi connectivity index (χ1v) is 13.4. The molecule has 2 aromatic rings. The first kappa shape index (κ1) is 21.8. The Hall–Kier alpha value is -1.75. The van der Waals surface area contributed by atoms with Crippen molar-refractivity contribution in [3.8, 4) is 0 Å². The molecule has 4 fully saturated rings. The largest absolute Gasteiger partial charge is 0.390 e. The van der Waals surface area contributed by atoms with Crippen LogP contribution in [0, 0.1) is 40.9 Å². The molecule has 0 aliphatic heterocycles. The van der Waals surface area contributed by atoms with E-state index in [1.807, 2.05) is 16.9 Å². The third-order valence-electron chi connectivity index (χ3n) is 10.8. The number of carbonyl (C=O) groups excluding carboxylic acids is 1. The monoisotopic (exact) mass is 449 g/mol. The van der Waals surface area contributed by atoms with Gasteiger partial charge in [-0.05, 0) is 105 Å². The molecule has 0 saturated heterocycles. The van der Waals surface area contributed by atoms with Crippen molar-refractivity contribution in [3.63, 3.8) is 0 Å². The highest BCUT2D eigenvalue weighted by Gasteiger charge is 2.58. The van der Waals surface area contributed by atoms with E-state index in [4.69, 9.17) is 0 Å². The number of aromatic nitrogens is 3. The minimum Gasteiger partial charge on any atom is -0.390 e. The molecule has 2 aromatic heterocycles. The van der Waals surface area contributed by atoms with E-state index >= 15 is 0 Å². The van der Waals surface area contributed by atoms with E-state index in [0.29, 0.717) is 18.2 Å². The van der Waals surface area contributed by atoms with Gasteiger partial charge in [0.1, 0.15) is 5.52 Å². The maximum absolute atomic E-state index is 13.5. The van der Waals surface area contributed by atoms with Crippen LogP contribution in [0.1, 0.15) is 78.1 Å². The van der Waals surface area contributed by atoms with Gasteiger partial charge in [-0.1, -0.05) is 13.8 Å². The third kappa shape index (κ3) is 3.48. The van der Waals surface area contributed by atoms with Crippen molar-refractivity contribution in [1.82, 2.24) is 14.8 Å². The maximum atomic E-state index is 13.5. The Balaban J connectivity index is 1.17. The van der Waals surface area contributed by atoms with Gasteiger partial charge < -0.3 is 5.11 Å². The van der Waals surface area contributed by atoms with Crippen LogP contribution in [0.5, 0.6) is 0 Å². The van der Waals surface area contributed by atoms with E-state index in [0.717, 1.165) is 60.3 Å². The maximum Gasteiger partial charge on any atom is 0.157 e. The van der Waals surface area contributed by atoms with Crippen LogP contribution in [0.3, 0.4) is 0 Å². The van der Waals surface area contributed by atoms with Gasteiger partial charge in [-0.15, -0.1) is 0 Å². The van der Waals surface area contributed by atoms with Crippen molar-refractivity contribution in [2.75, 3.05) is 0 Å². The molecule has 178 valence electrons. The van der Waals surface area contributed by atoms with E-state index in [9.17, 15) is 9.90 Å². The summed E-state index contributed by atoms with van der Waals surface area (Å²) in [5.41, 5.74) is 0.605. The molecule has 0 bridgehead atoms. The molecule has 0 amide bonds. The van der Waals surface area contributed by atoms with Gasteiger partial charge in [0.15, 0.2) is 5.78 Å². The lowest BCUT2D eigenvalue weighted by Gasteiger charge is -2.57. The highest BCUT2D eigenvalue weighted by molar-refractivity contribution is 5.83. The molecule has 2 heterocycles. The number of hydrogen-bond acceptors (Lipinski definition) is 4. The van der Waals surface area contributed by atoms with Gasteiger partial charge in [0, 0.05) is 23.7 Å². The Morgan fingerprint density at radius 2 is 1.97 bits per heavy atom. The summed E-state index contributed by atoms with van der Waals surface area (Å²) in [5.74, 6) is 4.37. The standard InChI is InChI=1S/C28H39N3O2/c1-3-28(33)12-9-20-18(14-28)4-5-22-21(20)8-11-27(2)23(22)6-7-24(27)26(32)17-31-16-19-10-13-29-15-25(19)30-31/h10,13,15-16,18,20-24,33H,3-9,11-12,14,17H2,1-2H3. The number of Topliss-reactive ketones (excluding diaryl/α,β-unsaturated/α-hetero) is 1. The number of pyridine rings is 1. The Bertz CT molecular complexity index is 1020. The van der Waals surface area contributed by atoms with E-state index in [2.05, 4.69) is 23.9 Å². The summed E-state index contributed by atoms with van der Waals surface area (Å²) in [6.45, 7) is 4.97. The van der Waals surface area contributed by atoms with E-state index < -0.39 is 5.60 Å². The number of aliphatic hydroxyl groups is 1. The molecule has 5 nitrogen and oxygen atoms in total. The second kappa shape index (κ2) is 7.90. The van der Waals surface area contributed by atoms with Crippen LogP contribution in [0.4, 0.5) is 0 Å². The SMILES string of the molecule is CCC1(O)CCC2C(CCC3C2CCC2(C)C(C(=O)Cn4cc5ccncc5n4)CCC32)C1. The fourth-order valence-electron chi connectivity index (χ4n) is 9.08. The van der Waals surface area contributed by atoms with Crippen molar-refractivity contribution in [2.24, 2.45) is 40.9 Å². The van der Waals surface area contributed by atoms with E-state index in [1.54, 1.807) is 12.4 Å².